The maximum atomic E-state index is 13.3. The first kappa shape index (κ1) is 43.5. The number of nitrogens with one attached hydrogen (secondary N) is 2. The summed E-state index contributed by atoms with van der Waals surface area (Å²) < 4.78 is 5.44. The van der Waals surface area contributed by atoms with E-state index in [2.05, 4.69) is 76.3 Å². The third kappa shape index (κ3) is 12.2. The van der Waals surface area contributed by atoms with Crippen LogP contribution in [0.25, 0.3) is 5.57 Å². The van der Waals surface area contributed by atoms with E-state index in [1.165, 1.54) is 36.3 Å². The number of carbonyl (C=O) groups is 2. The topological polar surface area (TPSA) is 147 Å². The number of carbonyl (C=O) groups excluding carboxylic acids is 2. The van der Waals surface area contributed by atoms with Crippen LogP contribution in [0.3, 0.4) is 0 Å². The zero-order valence-electron chi connectivity index (χ0n) is 34.8. The van der Waals surface area contributed by atoms with Gasteiger partial charge < -0.3 is 31.3 Å². The normalized spacial score (nSPS) is 19.0. The highest BCUT2D eigenvalue weighted by molar-refractivity contribution is 6.07. The van der Waals surface area contributed by atoms with Gasteiger partial charge in [0.1, 0.15) is 11.6 Å². The Balaban J connectivity index is 1.07. The van der Waals surface area contributed by atoms with E-state index in [9.17, 15) is 19.8 Å². The molecule has 0 radical (unpaired) electrons. The van der Waals surface area contributed by atoms with Gasteiger partial charge in [0, 0.05) is 25.2 Å². The van der Waals surface area contributed by atoms with Crippen molar-refractivity contribution >= 4 is 23.0 Å². The maximum Gasteiger partial charge on any atom is 0.163 e. The fraction of sp³-hybridized carbons (Fsp3) is 0.420. The number of ether oxygens (including phenoxy) is 1. The van der Waals surface area contributed by atoms with E-state index >= 15 is 0 Å². The molecule has 312 valence electrons. The number of allylic oxidation sites excluding steroid dienone is 1. The summed E-state index contributed by atoms with van der Waals surface area (Å²) in [6.45, 7) is 1.69. The van der Waals surface area contributed by atoms with E-state index in [0.29, 0.717) is 59.2 Å². The first-order chi connectivity index (χ1) is 28.7. The van der Waals surface area contributed by atoms with Gasteiger partial charge in [-0.1, -0.05) is 79.6 Å². The highest BCUT2D eigenvalue weighted by atomic mass is 16.5. The van der Waals surface area contributed by atoms with Gasteiger partial charge in [-0.25, -0.2) is 4.98 Å². The number of methoxy groups -OCH3 is 1. The molecule has 9 nitrogen and oxygen atoms in total. The number of hydrogen-bond acceptors (Lipinski definition) is 9. The molecule has 1 aliphatic heterocycles. The van der Waals surface area contributed by atoms with E-state index in [4.69, 9.17) is 10.5 Å². The Bertz CT molecular complexity index is 2080. The van der Waals surface area contributed by atoms with Crippen LogP contribution in [0.15, 0.2) is 97.2 Å². The zero-order valence-corrected chi connectivity index (χ0v) is 34.8. The van der Waals surface area contributed by atoms with Gasteiger partial charge in [0.15, 0.2) is 17.3 Å². The summed E-state index contributed by atoms with van der Waals surface area (Å²) >= 11 is 0. The number of likely N-dealkylation sites (N-methyl/N-ethyl adjacent to an activating group) is 1. The van der Waals surface area contributed by atoms with Crippen LogP contribution in [-0.4, -0.2) is 66.7 Å². The molecule has 3 aromatic carbocycles. The van der Waals surface area contributed by atoms with Crippen molar-refractivity contribution in [2.75, 3.05) is 39.6 Å². The molecule has 6 N–H and O–H groups in total. The van der Waals surface area contributed by atoms with Crippen LogP contribution < -0.4 is 21.1 Å². The van der Waals surface area contributed by atoms with E-state index in [-0.39, 0.29) is 29.5 Å². The first-order valence-corrected chi connectivity index (χ1v) is 21.4. The van der Waals surface area contributed by atoms with Crippen molar-refractivity contribution in [2.45, 2.75) is 83.1 Å². The molecule has 1 saturated heterocycles. The number of piperidine rings is 1. The highest BCUT2D eigenvalue weighted by Gasteiger charge is 2.36. The minimum atomic E-state index is -0.434. The van der Waals surface area contributed by atoms with Crippen molar-refractivity contribution in [3.05, 3.63) is 136 Å². The number of aliphatic hydroxyl groups is 1. The molecule has 0 amide bonds. The quantitative estimate of drug-likeness (QED) is 0.0252. The number of fused-ring (bicyclic) bond motifs is 1. The van der Waals surface area contributed by atoms with Crippen molar-refractivity contribution in [1.82, 2.24) is 15.6 Å². The molecule has 0 spiro atoms. The Morgan fingerprint density at radius 1 is 0.915 bits per heavy atom. The van der Waals surface area contributed by atoms with Gasteiger partial charge in [-0.15, -0.1) is 0 Å². The van der Waals surface area contributed by atoms with Gasteiger partial charge in [0.25, 0.3) is 0 Å². The van der Waals surface area contributed by atoms with Crippen molar-refractivity contribution in [1.29, 1.82) is 0 Å². The molecule has 1 aliphatic carbocycles. The summed E-state index contributed by atoms with van der Waals surface area (Å²) in [5, 5.41) is 28.5. The third-order valence-electron chi connectivity index (χ3n) is 12.3. The van der Waals surface area contributed by atoms with Gasteiger partial charge in [0.2, 0.25) is 0 Å². The number of phenolic OH excluding ortho intramolecular Hbond substituents is 1. The van der Waals surface area contributed by atoms with Crippen molar-refractivity contribution in [3.8, 4) is 11.5 Å². The Kier molecular flexibility index (Phi) is 16.1. The van der Waals surface area contributed by atoms with Gasteiger partial charge in [0.05, 0.1) is 20.1 Å². The Labute approximate surface area is 350 Å². The molecule has 4 atom stereocenters. The SMILES string of the molecule is CNC1C=CC2CNCCC2C1CCCCCC(=O)CC(=O)C=C(CO)c1cc(OC)c(O)cc1Cc1cnc(N)cc1CCc1cccc(CCc2ccccc2)c1. The average molecular weight is 799 g/mol. The summed E-state index contributed by atoms with van der Waals surface area (Å²) in [7, 11) is 3.50. The monoisotopic (exact) mass is 798 g/mol. The van der Waals surface area contributed by atoms with Gasteiger partial charge >= 0.3 is 0 Å². The van der Waals surface area contributed by atoms with Crippen LogP contribution >= 0.6 is 0 Å². The summed E-state index contributed by atoms with van der Waals surface area (Å²) in [4.78, 5) is 30.7. The smallest absolute Gasteiger partial charge is 0.163 e. The Morgan fingerprint density at radius 3 is 2.44 bits per heavy atom. The van der Waals surface area contributed by atoms with E-state index in [1.807, 2.05) is 19.2 Å². The lowest BCUT2D eigenvalue weighted by atomic mass is 9.68. The second-order valence-corrected chi connectivity index (χ2v) is 16.3. The lowest BCUT2D eigenvalue weighted by Gasteiger charge is -2.42. The number of phenols is 1. The number of rotatable bonds is 21. The standard InChI is InChI=1S/C50H62N4O5/c1-52-47-21-20-38-31-53-23-22-44(38)45(47)15-8-4-7-14-42(56)29-43(57)26-41(33-55)46-30-49(59-2)48(58)27-39(46)25-40-32-54-50(51)28-37(40)19-18-36-13-9-12-35(24-36)17-16-34-10-5-3-6-11-34/h3,5-6,9-13,20-21,24,26-28,30,32,38,44-45,47,52-53,55,58H,4,7-8,14-19,22-23,25,29,31,33H2,1-2H3,(H2,51,54). The number of aromatic nitrogens is 1. The van der Waals surface area contributed by atoms with Gasteiger partial charge in [-0.05, 0) is 152 Å². The Morgan fingerprint density at radius 2 is 1.68 bits per heavy atom. The number of nitrogens with two attached hydrogens (primary N) is 1. The molecule has 59 heavy (non-hydrogen) atoms. The average Bonchev–Trinajstić information content (AvgIpc) is 3.25. The number of pyridine rings is 1. The lowest BCUT2D eigenvalue weighted by molar-refractivity contribution is -0.124. The molecule has 9 heteroatoms. The van der Waals surface area contributed by atoms with Crippen LogP contribution in [-0.2, 0) is 41.7 Å². The van der Waals surface area contributed by atoms with Crippen LogP contribution in [0.5, 0.6) is 11.5 Å². The molecule has 2 aliphatic rings. The Hall–Kier alpha value is -5.09. The highest BCUT2D eigenvalue weighted by Crippen LogP contribution is 2.38. The number of anilines is 1. The van der Waals surface area contributed by atoms with E-state index < -0.39 is 6.61 Å². The van der Waals surface area contributed by atoms with Crippen LogP contribution in [0.2, 0.25) is 0 Å². The number of aromatic hydroxyl groups is 1. The number of Topliss-reactive ketones (excluding diaryl/α,β-unsaturated/α-hetero) is 1. The molecular weight excluding hydrogens is 737 g/mol. The molecule has 6 rings (SSSR count). The van der Waals surface area contributed by atoms with Gasteiger partial charge in [-0.3, -0.25) is 9.59 Å². The maximum absolute atomic E-state index is 13.3. The summed E-state index contributed by atoms with van der Waals surface area (Å²) in [5.74, 6) is 2.01. The first-order valence-electron chi connectivity index (χ1n) is 21.4. The number of aliphatic hydroxyl groups excluding tert-OH is 1. The molecule has 4 unspecified atom stereocenters. The van der Waals surface area contributed by atoms with Crippen LogP contribution in [0, 0.1) is 17.8 Å². The summed E-state index contributed by atoms with van der Waals surface area (Å²) in [6, 6.07) is 24.7. The number of benzene rings is 3. The van der Waals surface area contributed by atoms with Crippen molar-refractivity contribution < 1.29 is 24.5 Å². The predicted molar refractivity (Wildman–Crippen MR) is 237 cm³/mol. The lowest BCUT2D eigenvalue weighted by Crippen LogP contribution is -2.47. The number of ketones is 2. The summed E-state index contributed by atoms with van der Waals surface area (Å²) in [6.07, 6.45) is 16.9. The molecule has 0 bridgehead atoms. The fourth-order valence-corrected chi connectivity index (χ4v) is 9.15. The minimum absolute atomic E-state index is 0.0562. The molecule has 0 saturated carbocycles. The van der Waals surface area contributed by atoms with E-state index in [0.717, 1.165) is 75.6 Å². The van der Waals surface area contributed by atoms with Crippen molar-refractivity contribution in [2.24, 2.45) is 17.8 Å². The third-order valence-corrected chi connectivity index (χ3v) is 12.3. The van der Waals surface area contributed by atoms with Crippen LogP contribution in [0.1, 0.15) is 83.9 Å². The second-order valence-electron chi connectivity index (χ2n) is 16.3. The minimum Gasteiger partial charge on any atom is -0.504 e. The number of nitrogen functional groups attached to an aromatic ring is 1. The second kappa shape index (κ2) is 21.8. The molecule has 4 aromatic rings. The molecule has 1 fully saturated rings. The predicted octanol–water partition coefficient (Wildman–Crippen LogP) is 7.39. The van der Waals surface area contributed by atoms with Crippen LogP contribution in [0.4, 0.5) is 5.82 Å². The number of aryl methyl sites for hydroxylation is 4. The van der Waals surface area contributed by atoms with Crippen molar-refractivity contribution in [3.63, 3.8) is 0 Å². The molecule has 1 aromatic heterocycles. The zero-order chi connectivity index (χ0) is 41.6. The number of unbranched alkanes of at least 4 members (excludes halogenated alkanes) is 2. The summed E-state index contributed by atoms with van der Waals surface area (Å²) in [5.41, 5.74) is 13.6. The van der Waals surface area contributed by atoms with E-state index in [1.54, 1.807) is 18.3 Å². The molecular formula is C50H62N4O5. The largest absolute Gasteiger partial charge is 0.504 e. The van der Waals surface area contributed by atoms with Gasteiger partial charge in [-0.2, -0.15) is 0 Å². The fourth-order valence-electron chi connectivity index (χ4n) is 9.15. The molecule has 2 heterocycles. The number of hydrogen-bond donors (Lipinski definition) is 5. The number of nitrogens with zero attached hydrogens (tertiary/aromatic N) is 1.